The summed E-state index contributed by atoms with van der Waals surface area (Å²) >= 11 is 0. The molecule has 2 N–H and O–H groups in total. The quantitative estimate of drug-likeness (QED) is 0.825. The van der Waals surface area contributed by atoms with E-state index in [1.807, 2.05) is 0 Å². The van der Waals surface area contributed by atoms with Gasteiger partial charge in [-0.3, -0.25) is 4.79 Å². The fourth-order valence-electron chi connectivity index (χ4n) is 2.47. The smallest absolute Gasteiger partial charge is 0.255 e. The van der Waals surface area contributed by atoms with Gasteiger partial charge in [0.05, 0.1) is 26.0 Å². The molecular formula is C18H19NO5. The third-order valence-corrected chi connectivity index (χ3v) is 3.76. The van der Waals surface area contributed by atoms with E-state index in [1.54, 1.807) is 43.5 Å². The number of aromatic hydroxyl groups is 1. The molecule has 1 heterocycles. The number of nitrogens with one attached hydrogen (secondary N) is 1. The first-order valence-electron chi connectivity index (χ1n) is 7.69. The standard InChI is InChI=1S/C18H19NO5/c1-22-16-7-6-12(10-17(16)24-13-8-9-23-11-13)18(21)19-14-4-2-3-5-15(14)20/h2-7,10,13,20H,8-9,11H2,1H3,(H,19,21). The van der Waals surface area contributed by atoms with Crippen LogP contribution in [0.25, 0.3) is 0 Å². The number of para-hydroxylation sites is 2. The number of carbonyl (C=O) groups is 1. The number of carbonyl (C=O) groups excluding carboxylic acids is 1. The van der Waals surface area contributed by atoms with Crippen molar-refractivity contribution < 1.29 is 24.1 Å². The van der Waals surface area contributed by atoms with Gasteiger partial charge in [-0.25, -0.2) is 0 Å². The molecule has 1 fully saturated rings. The molecule has 0 aromatic heterocycles. The first-order valence-corrected chi connectivity index (χ1v) is 7.69. The number of phenols is 1. The van der Waals surface area contributed by atoms with Crippen LogP contribution in [-0.4, -0.2) is 37.4 Å². The molecule has 6 nitrogen and oxygen atoms in total. The summed E-state index contributed by atoms with van der Waals surface area (Å²) in [5.74, 6) is 0.726. The average Bonchev–Trinajstić information content (AvgIpc) is 3.10. The average molecular weight is 329 g/mol. The van der Waals surface area contributed by atoms with E-state index in [2.05, 4.69) is 5.32 Å². The Kier molecular flexibility index (Phi) is 4.86. The Balaban J connectivity index is 1.79. The normalized spacial score (nSPS) is 16.6. The van der Waals surface area contributed by atoms with Crippen LogP contribution in [-0.2, 0) is 4.74 Å². The molecule has 1 amide bonds. The number of benzene rings is 2. The maximum atomic E-state index is 12.4. The summed E-state index contributed by atoms with van der Waals surface area (Å²) in [4.78, 5) is 12.4. The third kappa shape index (κ3) is 3.60. The molecule has 0 aliphatic carbocycles. The summed E-state index contributed by atoms with van der Waals surface area (Å²) < 4.78 is 16.5. The highest BCUT2D eigenvalue weighted by atomic mass is 16.6. The topological polar surface area (TPSA) is 77.0 Å². The van der Waals surface area contributed by atoms with Crippen molar-refractivity contribution in [3.05, 3.63) is 48.0 Å². The second-order valence-electron chi connectivity index (χ2n) is 5.44. The fourth-order valence-corrected chi connectivity index (χ4v) is 2.47. The van der Waals surface area contributed by atoms with E-state index >= 15 is 0 Å². The molecule has 1 unspecified atom stereocenters. The van der Waals surface area contributed by atoms with Crippen LogP contribution >= 0.6 is 0 Å². The molecule has 3 rings (SSSR count). The van der Waals surface area contributed by atoms with Gasteiger partial charge >= 0.3 is 0 Å². The minimum Gasteiger partial charge on any atom is -0.506 e. The molecule has 1 aliphatic rings. The van der Waals surface area contributed by atoms with Crippen molar-refractivity contribution in [3.8, 4) is 17.2 Å². The molecule has 0 spiro atoms. The van der Waals surface area contributed by atoms with E-state index < -0.39 is 0 Å². The zero-order valence-electron chi connectivity index (χ0n) is 13.3. The van der Waals surface area contributed by atoms with E-state index in [0.29, 0.717) is 36.0 Å². The molecule has 2 aromatic rings. The third-order valence-electron chi connectivity index (χ3n) is 3.76. The first kappa shape index (κ1) is 16.1. The Labute approximate surface area is 140 Å². The number of phenolic OH excluding ortho intramolecular Hbond substituents is 1. The van der Waals surface area contributed by atoms with Crippen molar-refractivity contribution in [2.75, 3.05) is 25.6 Å². The van der Waals surface area contributed by atoms with Gasteiger partial charge in [0, 0.05) is 12.0 Å². The highest BCUT2D eigenvalue weighted by molar-refractivity contribution is 6.05. The lowest BCUT2D eigenvalue weighted by molar-refractivity contribution is 0.102. The lowest BCUT2D eigenvalue weighted by Crippen LogP contribution is -2.17. The first-order chi connectivity index (χ1) is 11.7. The van der Waals surface area contributed by atoms with Crippen molar-refractivity contribution in [3.63, 3.8) is 0 Å². The molecule has 1 aliphatic heterocycles. The summed E-state index contributed by atoms with van der Waals surface area (Å²) in [6.45, 7) is 1.19. The molecule has 126 valence electrons. The van der Waals surface area contributed by atoms with Gasteiger partial charge in [-0.05, 0) is 30.3 Å². The SMILES string of the molecule is COc1ccc(C(=O)Nc2ccccc2O)cc1OC1CCOC1. The lowest BCUT2D eigenvalue weighted by atomic mass is 10.1. The van der Waals surface area contributed by atoms with Crippen molar-refractivity contribution in [2.45, 2.75) is 12.5 Å². The molecule has 1 atom stereocenters. The number of anilines is 1. The van der Waals surface area contributed by atoms with E-state index in [1.165, 1.54) is 6.07 Å². The molecule has 1 saturated heterocycles. The van der Waals surface area contributed by atoms with Crippen molar-refractivity contribution >= 4 is 11.6 Å². The molecule has 6 heteroatoms. The molecule has 0 saturated carbocycles. The number of ether oxygens (including phenoxy) is 3. The summed E-state index contributed by atoms with van der Waals surface area (Å²) in [5, 5.41) is 12.4. The summed E-state index contributed by atoms with van der Waals surface area (Å²) in [6.07, 6.45) is 0.757. The minimum atomic E-state index is -0.341. The maximum absolute atomic E-state index is 12.4. The Morgan fingerprint density at radius 3 is 2.79 bits per heavy atom. The summed E-state index contributed by atoms with van der Waals surface area (Å²) in [5.41, 5.74) is 0.762. The van der Waals surface area contributed by atoms with Crippen LogP contribution in [0.5, 0.6) is 17.2 Å². The van der Waals surface area contributed by atoms with Gasteiger partial charge in [0.2, 0.25) is 0 Å². The second-order valence-corrected chi connectivity index (χ2v) is 5.44. The Hall–Kier alpha value is -2.73. The van der Waals surface area contributed by atoms with E-state index in [4.69, 9.17) is 14.2 Å². The van der Waals surface area contributed by atoms with Gasteiger partial charge in [-0.15, -0.1) is 0 Å². The summed E-state index contributed by atoms with van der Waals surface area (Å²) in [7, 11) is 1.55. The zero-order chi connectivity index (χ0) is 16.9. The van der Waals surface area contributed by atoms with Crippen LogP contribution in [0.4, 0.5) is 5.69 Å². The van der Waals surface area contributed by atoms with Crippen molar-refractivity contribution in [2.24, 2.45) is 0 Å². The van der Waals surface area contributed by atoms with Crippen LogP contribution in [0.3, 0.4) is 0 Å². The monoisotopic (exact) mass is 329 g/mol. The van der Waals surface area contributed by atoms with Gasteiger partial charge < -0.3 is 24.6 Å². The maximum Gasteiger partial charge on any atom is 0.255 e. The Bertz CT molecular complexity index is 725. The molecule has 0 bridgehead atoms. The number of hydrogen-bond acceptors (Lipinski definition) is 5. The van der Waals surface area contributed by atoms with Gasteiger partial charge in [0.1, 0.15) is 11.9 Å². The Morgan fingerprint density at radius 1 is 1.25 bits per heavy atom. The van der Waals surface area contributed by atoms with Crippen LogP contribution in [0.1, 0.15) is 16.8 Å². The van der Waals surface area contributed by atoms with Gasteiger partial charge in [-0.2, -0.15) is 0 Å². The lowest BCUT2D eigenvalue weighted by Gasteiger charge is -2.16. The van der Waals surface area contributed by atoms with Crippen LogP contribution in [0.2, 0.25) is 0 Å². The molecule has 0 radical (unpaired) electrons. The Morgan fingerprint density at radius 2 is 2.08 bits per heavy atom. The van der Waals surface area contributed by atoms with Gasteiger partial charge in [-0.1, -0.05) is 12.1 Å². The molecular weight excluding hydrogens is 310 g/mol. The van der Waals surface area contributed by atoms with Crippen molar-refractivity contribution in [1.29, 1.82) is 0 Å². The molecule has 2 aromatic carbocycles. The van der Waals surface area contributed by atoms with E-state index in [9.17, 15) is 9.90 Å². The largest absolute Gasteiger partial charge is 0.506 e. The predicted octanol–water partition coefficient (Wildman–Crippen LogP) is 2.82. The van der Waals surface area contributed by atoms with Gasteiger partial charge in [0.15, 0.2) is 11.5 Å². The number of methoxy groups -OCH3 is 1. The predicted molar refractivity (Wildman–Crippen MR) is 88.9 cm³/mol. The van der Waals surface area contributed by atoms with Crippen molar-refractivity contribution in [1.82, 2.24) is 0 Å². The molecule has 24 heavy (non-hydrogen) atoms. The summed E-state index contributed by atoms with van der Waals surface area (Å²) in [6, 6.07) is 11.5. The number of rotatable bonds is 5. The zero-order valence-corrected chi connectivity index (χ0v) is 13.3. The highest BCUT2D eigenvalue weighted by Gasteiger charge is 2.20. The number of hydrogen-bond donors (Lipinski definition) is 2. The second kappa shape index (κ2) is 7.23. The van der Waals surface area contributed by atoms with Crippen LogP contribution in [0, 0.1) is 0 Å². The van der Waals surface area contributed by atoms with Crippen LogP contribution < -0.4 is 14.8 Å². The van der Waals surface area contributed by atoms with Gasteiger partial charge in [0.25, 0.3) is 5.91 Å². The highest BCUT2D eigenvalue weighted by Crippen LogP contribution is 2.31. The number of amides is 1. The van der Waals surface area contributed by atoms with Crippen LogP contribution in [0.15, 0.2) is 42.5 Å². The van der Waals surface area contributed by atoms with E-state index in [0.717, 1.165) is 6.42 Å². The minimum absolute atomic E-state index is 0.0129. The van der Waals surface area contributed by atoms with E-state index in [-0.39, 0.29) is 17.8 Å². The fraction of sp³-hybridized carbons (Fsp3) is 0.278.